The largest absolute Gasteiger partial charge is 0.393 e. The molecule has 0 aromatic carbocycles. The molecule has 1 atom stereocenters. The lowest BCUT2D eigenvalue weighted by molar-refractivity contribution is 0.220. The minimum absolute atomic E-state index is 0.195. The molecular formula is C6H14O4S2. The predicted molar refractivity (Wildman–Crippen MR) is 50.0 cm³/mol. The molecular weight excluding hydrogens is 200 g/mol. The summed E-state index contributed by atoms with van der Waals surface area (Å²) in [5, 5.41) is 8.82. The summed E-state index contributed by atoms with van der Waals surface area (Å²) in [6, 6.07) is 0. The molecule has 0 saturated carbocycles. The first kappa shape index (κ1) is 12.2. The SMILES string of the molecule is CC(O)CSCCCS(=O)(=O)O. The van der Waals surface area contributed by atoms with Crippen molar-refractivity contribution in [3.8, 4) is 0 Å². The van der Waals surface area contributed by atoms with Crippen molar-refractivity contribution in [1.29, 1.82) is 0 Å². The van der Waals surface area contributed by atoms with E-state index in [2.05, 4.69) is 0 Å². The van der Waals surface area contributed by atoms with Crippen molar-refractivity contribution in [3.63, 3.8) is 0 Å². The molecule has 0 rings (SSSR count). The molecule has 0 bridgehead atoms. The van der Waals surface area contributed by atoms with Gasteiger partial charge >= 0.3 is 0 Å². The molecule has 0 amide bonds. The van der Waals surface area contributed by atoms with Gasteiger partial charge in [0.05, 0.1) is 11.9 Å². The first-order valence-corrected chi connectivity index (χ1v) is 6.39. The standard InChI is InChI=1S/C6H14O4S2/c1-6(7)5-11-3-2-4-12(8,9)10/h6-7H,2-5H2,1H3,(H,8,9,10). The van der Waals surface area contributed by atoms with Crippen molar-refractivity contribution in [2.24, 2.45) is 0 Å². The highest BCUT2D eigenvalue weighted by atomic mass is 32.2. The van der Waals surface area contributed by atoms with Crippen molar-refractivity contribution in [2.75, 3.05) is 17.3 Å². The fourth-order valence-electron chi connectivity index (χ4n) is 0.597. The van der Waals surface area contributed by atoms with Gasteiger partial charge in [-0.25, -0.2) is 0 Å². The van der Waals surface area contributed by atoms with Crippen LogP contribution in [0.1, 0.15) is 13.3 Å². The summed E-state index contributed by atoms with van der Waals surface area (Å²) in [6.45, 7) is 1.68. The van der Waals surface area contributed by atoms with Gasteiger partial charge in [0.25, 0.3) is 10.1 Å². The second-order valence-corrected chi connectivity index (χ2v) is 5.29. The highest BCUT2D eigenvalue weighted by molar-refractivity contribution is 7.99. The van der Waals surface area contributed by atoms with Crippen LogP contribution in [0.2, 0.25) is 0 Å². The molecule has 1 unspecified atom stereocenters. The van der Waals surface area contributed by atoms with Crippen LogP contribution in [0.5, 0.6) is 0 Å². The lowest BCUT2D eigenvalue weighted by Gasteiger charge is -2.02. The van der Waals surface area contributed by atoms with E-state index in [1.54, 1.807) is 6.92 Å². The Morgan fingerprint density at radius 1 is 1.50 bits per heavy atom. The number of aliphatic hydroxyl groups is 1. The van der Waals surface area contributed by atoms with Crippen LogP contribution in [-0.2, 0) is 10.1 Å². The first-order valence-electron chi connectivity index (χ1n) is 3.63. The fourth-order valence-corrected chi connectivity index (χ4v) is 2.15. The number of hydrogen-bond acceptors (Lipinski definition) is 4. The molecule has 0 radical (unpaired) electrons. The molecule has 12 heavy (non-hydrogen) atoms. The van der Waals surface area contributed by atoms with Gasteiger partial charge in [0.2, 0.25) is 0 Å². The van der Waals surface area contributed by atoms with E-state index in [4.69, 9.17) is 9.66 Å². The van der Waals surface area contributed by atoms with Crippen LogP contribution in [0, 0.1) is 0 Å². The molecule has 0 aliphatic carbocycles. The van der Waals surface area contributed by atoms with E-state index in [0.29, 0.717) is 17.9 Å². The van der Waals surface area contributed by atoms with Crippen LogP contribution in [0.15, 0.2) is 0 Å². The van der Waals surface area contributed by atoms with Crippen molar-refractivity contribution in [1.82, 2.24) is 0 Å². The van der Waals surface area contributed by atoms with Gasteiger partial charge in [-0.2, -0.15) is 20.2 Å². The number of rotatable bonds is 6. The molecule has 6 heteroatoms. The first-order chi connectivity index (χ1) is 5.42. The second-order valence-electron chi connectivity index (χ2n) is 2.56. The van der Waals surface area contributed by atoms with Crippen molar-refractivity contribution in [3.05, 3.63) is 0 Å². The van der Waals surface area contributed by atoms with Crippen LogP contribution in [0.4, 0.5) is 0 Å². The van der Waals surface area contributed by atoms with E-state index in [-0.39, 0.29) is 11.9 Å². The van der Waals surface area contributed by atoms with Crippen molar-refractivity contribution >= 4 is 21.9 Å². The van der Waals surface area contributed by atoms with Gasteiger partial charge in [0.15, 0.2) is 0 Å². The summed E-state index contributed by atoms with van der Waals surface area (Å²) in [5.41, 5.74) is 0. The maximum Gasteiger partial charge on any atom is 0.264 e. The molecule has 0 aromatic heterocycles. The van der Waals surface area contributed by atoms with Crippen LogP contribution >= 0.6 is 11.8 Å². The molecule has 4 nitrogen and oxygen atoms in total. The molecule has 0 aromatic rings. The van der Waals surface area contributed by atoms with Gasteiger partial charge in [0.1, 0.15) is 0 Å². The average molecular weight is 214 g/mol. The number of thioether (sulfide) groups is 1. The fraction of sp³-hybridized carbons (Fsp3) is 1.00. The van der Waals surface area contributed by atoms with E-state index < -0.39 is 10.1 Å². The Morgan fingerprint density at radius 2 is 2.08 bits per heavy atom. The van der Waals surface area contributed by atoms with E-state index >= 15 is 0 Å². The molecule has 0 aliphatic heterocycles. The van der Waals surface area contributed by atoms with E-state index in [9.17, 15) is 8.42 Å². The predicted octanol–water partition coefficient (Wildman–Crippen LogP) is 0.378. The zero-order valence-electron chi connectivity index (χ0n) is 6.93. The molecule has 0 spiro atoms. The maximum atomic E-state index is 10.2. The molecule has 0 fully saturated rings. The Kier molecular flexibility index (Phi) is 5.90. The van der Waals surface area contributed by atoms with Crippen LogP contribution < -0.4 is 0 Å². The number of hydrogen-bond donors (Lipinski definition) is 2. The highest BCUT2D eigenvalue weighted by Gasteiger charge is 2.03. The van der Waals surface area contributed by atoms with Gasteiger partial charge in [-0.3, -0.25) is 4.55 Å². The minimum atomic E-state index is -3.80. The van der Waals surface area contributed by atoms with Gasteiger partial charge in [-0.05, 0) is 19.1 Å². The van der Waals surface area contributed by atoms with E-state index in [1.165, 1.54) is 11.8 Å². The lowest BCUT2D eigenvalue weighted by Crippen LogP contribution is -2.07. The minimum Gasteiger partial charge on any atom is -0.393 e. The third-order valence-corrected chi connectivity index (χ3v) is 3.15. The summed E-state index contributed by atoms with van der Waals surface area (Å²) in [7, 11) is -3.80. The van der Waals surface area contributed by atoms with Crippen LogP contribution in [-0.4, -0.2) is 41.4 Å². The van der Waals surface area contributed by atoms with Crippen molar-refractivity contribution < 1.29 is 18.1 Å². The van der Waals surface area contributed by atoms with Crippen LogP contribution in [0.25, 0.3) is 0 Å². The smallest absolute Gasteiger partial charge is 0.264 e. The molecule has 74 valence electrons. The zero-order valence-corrected chi connectivity index (χ0v) is 8.57. The molecule has 2 N–H and O–H groups in total. The van der Waals surface area contributed by atoms with Crippen LogP contribution in [0.3, 0.4) is 0 Å². The molecule has 0 saturated heterocycles. The Bertz CT molecular complexity index is 198. The molecule has 0 aliphatic rings. The summed E-state index contributed by atoms with van der Waals surface area (Å²) in [4.78, 5) is 0. The Hall–Kier alpha value is 0.220. The Morgan fingerprint density at radius 3 is 2.50 bits per heavy atom. The third kappa shape index (κ3) is 10.2. The summed E-state index contributed by atoms with van der Waals surface area (Å²) in [6.07, 6.45) is 0.0664. The topological polar surface area (TPSA) is 74.6 Å². The summed E-state index contributed by atoms with van der Waals surface area (Å²) < 4.78 is 28.8. The maximum absolute atomic E-state index is 10.2. The third-order valence-electron chi connectivity index (χ3n) is 1.05. The number of aliphatic hydroxyl groups excluding tert-OH is 1. The van der Waals surface area contributed by atoms with Gasteiger partial charge in [-0.15, -0.1) is 0 Å². The summed E-state index contributed by atoms with van der Waals surface area (Å²) in [5.74, 6) is 1.05. The van der Waals surface area contributed by atoms with Gasteiger partial charge in [-0.1, -0.05) is 0 Å². The zero-order chi connectivity index (χ0) is 9.61. The lowest BCUT2D eigenvalue weighted by atomic mass is 10.5. The van der Waals surface area contributed by atoms with Gasteiger partial charge < -0.3 is 5.11 Å². The highest BCUT2D eigenvalue weighted by Crippen LogP contribution is 2.05. The van der Waals surface area contributed by atoms with Crippen molar-refractivity contribution in [2.45, 2.75) is 19.4 Å². The monoisotopic (exact) mass is 214 g/mol. The molecule has 0 heterocycles. The Labute approximate surface area is 77.1 Å². The Balaban J connectivity index is 3.23. The normalized spacial score (nSPS) is 14.6. The summed E-state index contributed by atoms with van der Waals surface area (Å²) >= 11 is 1.48. The van der Waals surface area contributed by atoms with E-state index in [0.717, 1.165) is 0 Å². The quantitative estimate of drug-likeness (QED) is 0.494. The average Bonchev–Trinajstić information content (AvgIpc) is 1.83. The second kappa shape index (κ2) is 5.80. The van der Waals surface area contributed by atoms with E-state index in [1.807, 2.05) is 0 Å². The van der Waals surface area contributed by atoms with Gasteiger partial charge in [0, 0.05) is 5.75 Å².